The summed E-state index contributed by atoms with van der Waals surface area (Å²) in [5, 5.41) is 5.71. The Kier molecular flexibility index (Phi) is 7.60. The Morgan fingerprint density at radius 3 is 2.43 bits per heavy atom. The monoisotopic (exact) mass is 476 g/mol. The van der Waals surface area contributed by atoms with Gasteiger partial charge in [-0.25, -0.2) is 9.37 Å². The highest BCUT2D eigenvalue weighted by Crippen LogP contribution is 2.25. The Hall–Kier alpha value is -3.94. The number of carbonyl (C=O) groups excluding carboxylic acids is 2. The smallest absolute Gasteiger partial charge is 0.255 e. The second kappa shape index (κ2) is 11.0. The number of nitrogens with zero attached hydrogens (tertiary/aromatic N) is 2. The molecule has 1 aliphatic heterocycles. The average molecular weight is 477 g/mol. The van der Waals surface area contributed by atoms with Crippen molar-refractivity contribution in [2.45, 2.75) is 26.7 Å². The third kappa shape index (κ3) is 6.15. The molecule has 1 aliphatic rings. The van der Waals surface area contributed by atoms with Gasteiger partial charge in [0.1, 0.15) is 17.4 Å². The van der Waals surface area contributed by atoms with Crippen LogP contribution in [-0.2, 0) is 4.79 Å². The first-order valence-electron chi connectivity index (χ1n) is 11.7. The van der Waals surface area contributed by atoms with Crippen molar-refractivity contribution < 1.29 is 18.7 Å². The van der Waals surface area contributed by atoms with Gasteiger partial charge in [0.15, 0.2) is 0 Å². The predicted molar refractivity (Wildman–Crippen MR) is 135 cm³/mol. The Labute approximate surface area is 204 Å². The van der Waals surface area contributed by atoms with Gasteiger partial charge in [0, 0.05) is 42.1 Å². The number of rotatable bonds is 7. The molecule has 0 bridgehead atoms. The number of aryl methyl sites for hydroxylation is 1. The first-order chi connectivity index (χ1) is 16.9. The van der Waals surface area contributed by atoms with Crippen LogP contribution in [-0.4, -0.2) is 36.5 Å². The van der Waals surface area contributed by atoms with Crippen molar-refractivity contribution in [3.05, 3.63) is 77.7 Å². The van der Waals surface area contributed by atoms with Crippen LogP contribution < -0.4 is 20.3 Å². The van der Waals surface area contributed by atoms with Crippen LogP contribution in [0.25, 0.3) is 0 Å². The Bertz CT molecular complexity index is 1190. The lowest BCUT2D eigenvalue weighted by Gasteiger charge is -2.32. The third-order valence-corrected chi connectivity index (χ3v) is 6.06. The van der Waals surface area contributed by atoms with E-state index in [4.69, 9.17) is 4.74 Å². The minimum atomic E-state index is -0.338. The van der Waals surface area contributed by atoms with E-state index in [0.717, 1.165) is 5.75 Å². The van der Waals surface area contributed by atoms with Crippen LogP contribution in [0.4, 0.5) is 21.6 Å². The first kappa shape index (κ1) is 24.2. The van der Waals surface area contributed by atoms with E-state index in [1.165, 1.54) is 6.07 Å². The summed E-state index contributed by atoms with van der Waals surface area (Å²) in [5.74, 6) is 0.613. The summed E-state index contributed by atoms with van der Waals surface area (Å²) in [5.41, 5.74) is 2.19. The lowest BCUT2D eigenvalue weighted by molar-refractivity contribution is -0.120. The lowest BCUT2D eigenvalue weighted by Crippen LogP contribution is -2.38. The number of nitrogens with one attached hydrogen (secondary N) is 2. The van der Waals surface area contributed by atoms with Gasteiger partial charge in [0.25, 0.3) is 5.91 Å². The van der Waals surface area contributed by atoms with Crippen molar-refractivity contribution in [2.75, 3.05) is 35.2 Å². The summed E-state index contributed by atoms with van der Waals surface area (Å²) in [7, 11) is 0. The molecule has 2 amide bonds. The summed E-state index contributed by atoms with van der Waals surface area (Å²) in [4.78, 5) is 31.9. The molecule has 35 heavy (non-hydrogen) atoms. The van der Waals surface area contributed by atoms with E-state index in [1.54, 1.807) is 49.5 Å². The fourth-order valence-corrected chi connectivity index (χ4v) is 4.02. The van der Waals surface area contributed by atoms with E-state index in [1.807, 2.05) is 19.1 Å². The van der Waals surface area contributed by atoms with Crippen molar-refractivity contribution in [3.63, 3.8) is 0 Å². The number of benzene rings is 2. The molecule has 0 aliphatic carbocycles. The molecule has 1 fully saturated rings. The third-order valence-electron chi connectivity index (χ3n) is 6.06. The highest BCUT2D eigenvalue weighted by atomic mass is 19.1. The van der Waals surface area contributed by atoms with Gasteiger partial charge in [-0.05, 0) is 80.8 Å². The summed E-state index contributed by atoms with van der Waals surface area (Å²) in [6.45, 7) is 5.46. The van der Waals surface area contributed by atoms with Crippen molar-refractivity contribution in [2.24, 2.45) is 5.92 Å². The Morgan fingerprint density at radius 1 is 1.03 bits per heavy atom. The van der Waals surface area contributed by atoms with Gasteiger partial charge in [-0.3, -0.25) is 9.59 Å². The summed E-state index contributed by atoms with van der Waals surface area (Å²) in [6, 6.07) is 15.4. The number of hydrogen-bond donors (Lipinski definition) is 2. The van der Waals surface area contributed by atoms with Crippen molar-refractivity contribution in [1.82, 2.24) is 4.98 Å². The van der Waals surface area contributed by atoms with E-state index in [2.05, 4.69) is 20.5 Å². The maximum absolute atomic E-state index is 13.8. The Morgan fingerprint density at radius 2 is 1.74 bits per heavy atom. The number of amides is 2. The van der Waals surface area contributed by atoms with Gasteiger partial charge in [0.05, 0.1) is 6.61 Å². The minimum absolute atomic E-state index is 0.107. The zero-order valence-corrected chi connectivity index (χ0v) is 19.9. The zero-order chi connectivity index (χ0) is 24.8. The molecule has 1 aromatic heterocycles. The quantitative estimate of drug-likeness (QED) is 0.499. The SMILES string of the molecule is CCOc1ccc(NC(=O)c2ccnc(N3CCC(C(=O)Nc4ccc(C)c(F)c4)CC3)c2)cc1. The molecule has 7 nitrogen and oxygen atoms in total. The van der Waals surface area contributed by atoms with E-state index >= 15 is 0 Å². The largest absolute Gasteiger partial charge is 0.494 e. The first-order valence-corrected chi connectivity index (χ1v) is 11.7. The van der Waals surface area contributed by atoms with Crippen molar-refractivity contribution in [1.29, 1.82) is 0 Å². The number of ether oxygens (including phenoxy) is 1. The van der Waals surface area contributed by atoms with E-state index in [9.17, 15) is 14.0 Å². The van der Waals surface area contributed by atoms with Crippen LogP contribution >= 0.6 is 0 Å². The standard InChI is InChI=1S/C27H29FN4O3/c1-3-35-23-8-6-21(7-9-23)30-27(34)20-10-13-29-25(16-20)32-14-11-19(12-15-32)26(33)31-22-5-4-18(2)24(28)17-22/h4-10,13,16-17,19H,3,11-12,14-15H2,1-2H3,(H,30,34)(H,31,33). The van der Waals surface area contributed by atoms with E-state index in [0.29, 0.717) is 60.9 Å². The second-order valence-electron chi connectivity index (χ2n) is 8.53. The minimum Gasteiger partial charge on any atom is -0.494 e. The normalized spacial score (nSPS) is 13.9. The zero-order valence-electron chi connectivity index (χ0n) is 19.9. The molecule has 1 saturated heterocycles. The molecule has 0 unspecified atom stereocenters. The molecule has 2 N–H and O–H groups in total. The number of anilines is 3. The van der Waals surface area contributed by atoms with Gasteiger partial charge in [-0.15, -0.1) is 0 Å². The maximum atomic E-state index is 13.8. The molecular formula is C27H29FN4O3. The summed E-state index contributed by atoms with van der Waals surface area (Å²) < 4.78 is 19.2. The van der Waals surface area contributed by atoms with Gasteiger partial charge < -0.3 is 20.3 Å². The number of halogens is 1. The molecule has 0 spiro atoms. The van der Waals surface area contributed by atoms with Gasteiger partial charge in [-0.2, -0.15) is 0 Å². The highest BCUT2D eigenvalue weighted by molar-refractivity contribution is 6.04. The topological polar surface area (TPSA) is 83.6 Å². The maximum Gasteiger partial charge on any atom is 0.255 e. The molecule has 8 heteroatoms. The molecule has 0 radical (unpaired) electrons. The molecular weight excluding hydrogens is 447 g/mol. The van der Waals surface area contributed by atoms with Crippen LogP contribution in [0.1, 0.15) is 35.7 Å². The fraction of sp³-hybridized carbons (Fsp3) is 0.296. The van der Waals surface area contributed by atoms with Gasteiger partial charge >= 0.3 is 0 Å². The summed E-state index contributed by atoms with van der Waals surface area (Å²) >= 11 is 0. The number of aromatic nitrogens is 1. The number of carbonyl (C=O) groups is 2. The predicted octanol–water partition coefficient (Wildman–Crippen LogP) is 5.04. The molecule has 3 aromatic rings. The van der Waals surface area contributed by atoms with Crippen molar-refractivity contribution >= 4 is 29.0 Å². The van der Waals surface area contributed by atoms with Crippen LogP contribution in [0.2, 0.25) is 0 Å². The fourth-order valence-electron chi connectivity index (χ4n) is 4.02. The number of pyridine rings is 1. The van der Waals surface area contributed by atoms with E-state index < -0.39 is 0 Å². The summed E-state index contributed by atoms with van der Waals surface area (Å²) in [6.07, 6.45) is 2.90. The molecule has 0 atom stereocenters. The average Bonchev–Trinajstić information content (AvgIpc) is 2.88. The van der Waals surface area contributed by atoms with Crippen LogP contribution in [0.15, 0.2) is 60.8 Å². The molecule has 2 heterocycles. The molecule has 0 saturated carbocycles. The highest BCUT2D eigenvalue weighted by Gasteiger charge is 2.26. The number of piperidine rings is 1. The molecule has 2 aromatic carbocycles. The van der Waals surface area contributed by atoms with E-state index in [-0.39, 0.29) is 23.5 Å². The van der Waals surface area contributed by atoms with Crippen molar-refractivity contribution in [3.8, 4) is 5.75 Å². The molecule has 4 rings (SSSR count). The van der Waals surface area contributed by atoms with Gasteiger partial charge in [-0.1, -0.05) is 6.07 Å². The second-order valence-corrected chi connectivity index (χ2v) is 8.53. The van der Waals surface area contributed by atoms with Gasteiger partial charge in [0.2, 0.25) is 5.91 Å². The number of hydrogen-bond acceptors (Lipinski definition) is 5. The Balaban J connectivity index is 1.33. The van der Waals surface area contributed by atoms with Crippen LogP contribution in [0.3, 0.4) is 0 Å². The molecule has 182 valence electrons. The van der Waals surface area contributed by atoms with Crippen LogP contribution in [0, 0.1) is 18.7 Å². The lowest BCUT2D eigenvalue weighted by atomic mass is 9.95. The van der Waals surface area contributed by atoms with Crippen LogP contribution in [0.5, 0.6) is 5.75 Å².